The maximum absolute atomic E-state index is 11.3. The third-order valence-corrected chi connectivity index (χ3v) is 2.88. The molecule has 21 heavy (non-hydrogen) atoms. The third-order valence-electron chi connectivity index (χ3n) is 2.88. The average Bonchev–Trinajstić information content (AvgIpc) is 2.46. The second kappa shape index (κ2) is 8.25. The van der Waals surface area contributed by atoms with Gasteiger partial charge in [0.2, 0.25) is 0 Å². The van der Waals surface area contributed by atoms with E-state index in [0.717, 1.165) is 0 Å². The SMILES string of the molecule is NCCNc1cc(NCCO)c([N+](=O)[O-])c(CCO)c1N. The number of nitrogens with one attached hydrogen (secondary N) is 2. The molecule has 0 aromatic heterocycles. The molecule has 1 aromatic carbocycles. The van der Waals surface area contributed by atoms with Crippen molar-refractivity contribution >= 4 is 22.7 Å². The zero-order valence-electron chi connectivity index (χ0n) is 11.6. The molecule has 0 saturated heterocycles. The van der Waals surface area contributed by atoms with Crippen LogP contribution < -0.4 is 22.1 Å². The number of hydrogen-bond donors (Lipinski definition) is 6. The van der Waals surface area contributed by atoms with Crippen molar-refractivity contribution in [3.8, 4) is 0 Å². The zero-order chi connectivity index (χ0) is 15.8. The van der Waals surface area contributed by atoms with Gasteiger partial charge < -0.3 is 32.3 Å². The number of aliphatic hydroxyl groups excluding tert-OH is 2. The van der Waals surface area contributed by atoms with Gasteiger partial charge in [-0.15, -0.1) is 0 Å². The molecule has 0 unspecified atom stereocenters. The molecule has 0 amide bonds. The predicted molar refractivity (Wildman–Crippen MR) is 81.4 cm³/mol. The summed E-state index contributed by atoms with van der Waals surface area (Å²) < 4.78 is 0. The molecule has 0 bridgehead atoms. The van der Waals surface area contributed by atoms with E-state index in [9.17, 15) is 10.1 Å². The van der Waals surface area contributed by atoms with Gasteiger partial charge in [-0.05, 0) is 6.07 Å². The molecule has 9 heteroatoms. The number of rotatable bonds is 9. The minimum Gasteiger partial charge on any atom is -0.397 e. The summed E-state index contributed by atoms with van der Waals surface area (Å²) in [6.07, 6.45) is 0.0636. The van der Waals surface area contributed by atoms with E-state index in [1.807, 2.05) is 0 Å². The highest BCUT2D eigenvalue weighted by Gasteiger charge is 2.24. The minimum atomic E-state index is -0.548. The molecule has 0 spiro atoms. The standard InChI is InChI=1S/C12H21N5O4/c13-2-3-15-9-7-10(16-4-6-19)12(17(20)21)8(1-5-18)11(9)14/h7,15-16,18-19H,1-6,13-14H2. The van der Waals surface area contributed by atoms with Crippen LogP contribution in [0.15, 0.2) is 6.07 Å². The van der Waals surface area contributed by atoms with E-state index >= 15 is 0 Å². The average molecular weight is 299 g/mol. The molecule has 8 N–H and O–H groups in total. The molecule has 0 radical (unpaired) electrons. The first kappa shape index (κ1) is 17.0. The lowest BCUT2D eigenvalue weighted by atomic mass is 10.0. The van der Waals surface area contributed by atoms with E-state index in [1.54, 1.807) is 0 Å². The Morgan fingerprint density at radius 1 is 1.19 bits per heavy atom. The topological polar surface area (TPSA) is 160 Å². The molecule has 0 saturated carbocycles. The van der Waals surface area contributed by atoms with Crippen molar-refractivity contribution in [2.45, 2.75) is 6.42 Å². The summed E-state index contributed by atoms with van der Waals surface area (Å²) in [6, 6.07) is 1.51. The highest BCUT2D eigenvalue weighted by atomic mass is 16.6. The van der Waals surface area contributed by atoms with Gasteiger partial charge >= 0.3 is 0 Å². The van der Waals surface area contributed by atoms with Crippen molar-refractivity contribution in [2.75, 3.05) is 49.2 Å². The van der Waals surface area contributed by atoms with Crippen molar-refractivity contribution in [3.05, 3.63) is 21.7 Å². The Morgan fingerprint density at radius 3 is 2.38 bits per heavy atom. The fourth-order valence-corrected chi connectivity index (χ4v) is 1.99. The molecule has 0 fully saturated rings. The first-order valence-corrected chi connectivity index (χ1v) is 6.56. The van der Waals surface area contributed by atoms with Gasteiger partial charge in [0.25, 0.3) is 5.69 Å². The van der Waals surface area contributed by atoms with Crippen LogP contribution in [0.3, 0.4) is 0 Å². The summed E-state index contributed by atoms with van der Waals surface area (Å²) in [5.41, 5.74) is 12.4. The summed E-state index contributed by atoms with van der Waals surface area (Å²) in [5.74, 6) is 0. The molecule has 0 aliphatic carbocycles. The van der Waals surface area contributed by atoms with Gasteiger partial charge in [-0.1, -0.05) is 0 Å². The van der Waals surface area contributed by atoms with E-state index in [0.29, 0.717) is 18.8 Å². The molecule has 0 aliphatic heterocycles. The van der Waals surface area contributed by atoms with Crippen LogP contribution in [0.2, 0.25) is 0 Å². The molecule has 1 aromatic rings. The predicted octanol–water partition coefficient (Wildman–Crippen LogP) is -0.513. The van der Waals surface area contributed by atoms with Crippen LogP contribution in [-0.4, -0.2) is 48.0 Å². The lowest BCUT2D eigenvalue weighted by Crippen LogP contribution is -2.17. The molecule has 0 aliphatic rings. The van der Waals surface area contributed by atoms with E-state index in [-0.39, 0.29) is 48.8 Å². The van der Waals surface area contributed by atoms with Crippen LogP contribution in [0.1, 0.15) is 5.56 Å². The molecule has 0 heterocycles. The first-order valence-electron chi connectivity index (χ1n) is 6.56. The Balaban J connectivity index is 3.36. The number of nitrogen functional groups attached to an aromatic ring is 1. The number of nitrogens with zero attached hydrogens (tertiary/aromatic N) is 1. The lowest BCUT2D eigenvalue weighted by Gasteiger charge is -2.16. The van der Waals surface area contributed by atoms with Crippen molar-refractivity contribution in [2.24, 2.45) is 5.73 Å². The maximum Gasteiger partial charge on any atom is 0.297 e. The Bertz CT molecular complexity index is 495. The van der Waals surface area contributed by atoms with Crippen molar-refractivity contribution in [3.63, 3.8) is 0 Å². The second-order valence-electron chi connectivity index (χ2n) is 4.31. The van der Waals surface area contributed by atoms with Crippen LogP contribution in [0.4, 0.5) is 22.7 Å². The number of aliphatic hydroxyl groups is 2. The smallest absolute Gasteiger partial charge is 0.297 e. The Hall–Kier alpha value is -2.10. The van der Waals surface area contributed by atoms with Gasteiger partial charge in [0.1, 0.15) is 5.69 Å². The van der Waals surface area contributed by atoms with E-state index in [1.165, 1.54) is 6.07 Å². The number of anilines is 3. The highest BCUT2D eigenvalue weighted by Crippen LogP contribution is 2.38. The van der Waals surface area contributed by atoms with Crippen molar-refractivity contribution in [1.82, 2.24) is 0 Å². The quantitative estimate of drug-likeness (QED) is 0.202. The highest BCUT2D eigenvalue weighted by molar-refractivity contribution is 5.83. The van der Waals surface area contributed by atoms with Gasteiger partial charge in [-0.25, -0.2) is 0 Å². The van der Waals surface area contributed by atoms with E-state index in [2.05, 4.69) is 10.6 Å². The monoisotopic (exact) mass is 299 g/mol. The molecule has 118 valence electrons. The Labute approximate surface area is 122 Å². The maximum atomic E-state index is 11.3. The number of nitro groups is 1. The molecular formula is C12H21N5O4. The molecule has 9 nitrogen and oxygen atoms in total. The lowest BCUT2D eigenvalue weighted by molar-refractivity contribution is -0.384. The largest absolute Gasteiger partial charge is 0.397 e. The Morgan fingerprint density at radius 2 is 1.86 bits per heavy atom. The van der Waals surface area contributed by atoms with Crippen LogP contribution in [0.25, 0.3) is 0 Å². The van der Waals surface area contributed by atoms with Crippen LogP contribution in [0, 0.1) is 10.1 Å². The first-order chi connectivity index (χ1) is 10.1. The van der Waals surface area contributed by atoms with Gasteiger partial charge in [0.05, 0.1) is 28.5 Å². The van der Waals surface area contributed by atoms with Crippen molar-refractivity contribution < 1.29 is 15.1 Å². The van der Waals surface area contributed by atoms with E-state index < -0.39 is 4.92 Å². The van der Waals surface area contributed by atoms with E-state index in [4.69, 9.17) is 21.7 Å². The second-order valence-corrected chi connectivity index (χ2v) is 4.31. The third kappa shape index (κ3) is 4.18. The summed E-state index contributed by atoms with van der Waals surface area (Å²) in [4.78, 5) is 10.7. The van der Waals surface area contributed by atoms with Crippen LogP contribution in [-0.2, 0) is 6.42 Å². The summed E-state index contributed by atoms with van der Waals surface area (Å²) >= 11 is 0. The van der Waals surface area contributed by atoms with Gasteiger partial charge in [-0.3, -0.25) is 10.1 Å². The Kier molecular flexibility index (Phi) is 6.66. The molecular weight excluding hydrogens is 278 g/mol. The van der Waals surface area contributed by atoms with Gasteiger partial charge in [-0.2, -0.15) is 0 Å². The number of nitrogens with two attached hydrogens (primary N) is 2. The summed E-state index contributed by atoms with van der Waals surface area (Å²) in [5, 5.41) is 35.0. The normalized spacial score (nSPS) is 10.4. The van der Waals surface area contributed by atoms with Gasteiger partial charge in [0.15, 0.2) is 0 Å². The zero-order valence-corrected chi connectivity index (χ0v) is 11.6. The van der Waals surface area contributed by atoms with Crippen LogP contribution >= 0.6 is 0 Å². The van der Waals surface area contributed by atoms with Crippen LogP contribution in [0.5, 0.6) is 0 Å². The van der Waals surface area contributed by atoms with Crippen molar-refractivity contribution in [1.29, 1.82) is 0 Å². The fourth-order valence-electron chi connectivity index (χ4n) is 1.99. The number of benzene rings is 1. The number of hydrogen-bond acceptors (Lipinski definition) is 8. The van der Waals surface area contributed by atoms with Gasteiger partial charge in [0, 0.05) is 32.7 Å². The number of nitro benzene ring substituents is 1. The molecule has 1 rings (SSSR count). The summed E-state index contributed by atoms with van der Waals surface area (Å²) in [7, 11) is 0. The summed E-state index contributed by atoms with van der Waals surface area (Å²) in [6.45, 7) is 0.581. The minimum absolute atomic E-state index is 0.0636. The fraction of sp³-hybridized carbons (Fsp3) is 0.500. The molecule has 0 atom stereocenters.